The van der Waals surface area contributed by atoms with Gasteiger partial charge in [-0.25, -0.2) is 4.98 Å². The average Bonchev–Trinajstić information content (AvgIpc) is 2.88. The van der Waals surface area contributed by atoms with Crippen molar-refractivity contribution in [1.29, 1.82) is 0 Å². The summed E-state index contributed by atoms with van der Waals surface area (Å²) in [6, 6.07) is 11.3. The van der Waals surface area contributed by atoms with Gasteiger partial charge in [-0.3, -0.25) is 9.78 Å². The zero-order valence-corrected chi connectivity index (χ0v) is 20.8. The Balaban J connectivity index is 1.60. The third-order valence-corrected chi connectivity index (χ3v) is 6.62. The lowest BCUT2D eigenvalue weighted by Crippen LogP contribution is -2.44. The summed E-state index contributed by atoms with van der Waals surface area (Å²) in [4.78, 5) is 24.4. The van der Waals surface area contributed by atoms with E-state index in [1.165, 1.54) is 0 Å². The second-order valence-corrected chi connectivity index (χ2v) is 9.35. The number of benzene rings is 1. The molecule has 180 valence electrons. The van der Waals surface area contributed by atoms with Crippen molar-refractivity contribution in [2.75, 3.05) is 36.4 Å². The number of nitrogens with zero attached hydrogens (tertiary/aromatic N) is 3. The lowest BCUT2D eigenvalue weighted by molar-refractivity contribution is 0.585. The lowest BCUT2D eigenvalue weighted by atomic mass is 9.99. The first-order valence-corrected chi connectivity index (χ1v) is 12.2. The summed E-state index contributed by atoms with van der Waals surface area (Å²) in [7, 11) is 0. The molecule has 1 fully saturated rings. The van der Waals surface area contributed by atoms with E-state index in [4.69, 9.17) is 16.0 Å². The minimum atomic E-state index is -0.158. The molecule has 0 radical (unpaired) electrons. The molecule has 35 heavy (non-hydrogen) atoms. The number of hydrogen-bond acceptors (Lipinski definition) is 7. The molecule has 7 nitrogen and oxygen atoms in total. The van der Waals surface area contributed by atoms with Crippen LogP contribution in [0.25, 0.3) is 22.3 Å². The summed E-state index contributed by atoms with van der Waals surface area (Å²) in [6.07, 6.45) is 3.42. The zero-order valence-electron chi connectivity index (χ0n) is 20.1. The van der Waals surface area contributed by atoms with Crippen LogP contribution in [0, 0.1) is 13.8 Å². The summed E-state index contributed by atoms with van der Waals surface area (Å²) in [5.74, 6) is 1.37. The summed E-state index contributed by atoms with van der Waals surface area (Å²) < 4.78 is 6.43. The molecule has 0 bridgehead atoms. The van der Waals surface area contributed by atoms with E-state index >= 15 is 0 Å². The predicted octanol–water partition coefficient (Wildman–Crippen LogP) is 5.10. The van der Waals surface area contributed by atoms with Crippen molar-refractivity contribution in [2.24, 2.45) is 0 Å². The summed E-state index contributed by atoms with van der Waals surface area (Å²) in [5.41, 5.74) is 4.69. The second-order valence-electron chi connectivity index (χ2n) is 8.97. The number of piperazine rings is 1. The van der Waals surface area contributed by atoms with E-state index in [9.17, 15) is 4.79 Å². The first kappa shape index (κ1) is 23.3. The van der Waals surface area contributed by atoms with Gasteiger partial charge in [-0.1, -0.05) is 17.7 Å². The molecule has 0 spiro atoms. The minimum absolute atomic E-state index is 0.0306. The third kappa shape index (κ3) is 4.61. The maximum Gasteiger partial charge on any atom is 0.196 e. The molecule has 4 heterocycles. The number of aryl methyl sites for hydroxylation is 1. The van der Waals surface area contributed by atoms with E-state index in [0.717, 1.165) is 54.4 Å². The molecular weight excluding hydrogens is 462 g/mol. The largest absolute Gasteiger partial charge is 0.455 e. The molecule has 1 aromatic carbocycles. The van der Waals surface area contributed by atoms with Gasteiger partial charge in [0.05, 0.1) is 17.1 Å². The molecule has 1 atom stereocenters. The Morgan fingerprint density at radius 1 is 1.17 bits per heavy atom. The molecule has 0 amide bonds. The van der Waals surface area contributed by atoms with Gasteiger partial charge < -0.3 is 20.0 Å². The first-order valence-electron chi connectivity index (χ1n) is 11.8. The normalized spacial score (nSPS) is 14.8. The molecule has 0 aliphatic carbocycles. The fourth-order valence-corrected chi connectivity index (χ4v) is 4.77. The Kier molecular flexibility index (Phi) is 6.45. The second kappa shape index (κ2) is 9.68. The molecule has 3 aromatic heterocycles. The van der Waals surface area contributed by atoms with Gasteiger partial charge in [0.2, 0.25) is 0 Å². The summed E-state index contributed by atoms with van der Waals surface area (Å²) in [6.45, 7) is 9.36. The van der Waals surface area contributed by atoms with E-state index in [2.05, 4.69) is 38.5 Å². The van der Waals surface area contributed by atoms with Crippen molar-refractivity contribution in [1.82, 2.24) is 15.3 Å². The van der Waals surface area contributed by atoms with Crippen molar-refractivity contribution in [2.45, 2.75) is 26.8 Å². The van der Waals surface area contributed by atoms with Gasteiger partial charge in [0, 0.05) is 55.3 Å². The zero-order chi connectivity index (χ0) is 24.5. The number of aromatic nitrogens is 2. The number of rotatable bonds is 5. The van der Waals surface area contributed by atoms with E-state index in [0.29, 0.717) is 27.4 Å². The van der Waals surface area contributed by atoms with Gasteiger partial charge in [-0.2, -0.15) is 0 Å². The Morgan fingerprint density at radius 2 is 1.97 bits per heavy atom. The highest BCUT2D eigenvalue weighted by atomic mass is 35.5. The van der Waals surface area contributed by atoms with Gasteiger partial charge >= 0.3 is 0 Å². The lowest BCUT2D eigenvalue weighted by Gasteiger charge is -2.31. The van der Waals surface area contributed by atoms with Crippen LogP contribution < -0.4 is 21.0 Å². The molecule has 1 unspecified atom stereocenters. The molecule has 8 heteroatoms. The molecule has 1 aliphatic heterocycles. The summed E-state index contributed by atoms with van der Waals surface area (Å²) in [5, 5.41) is 8.01. The van der Waals surface area contributed by atoms with Crippen molar-refractivity contribution in [3.63, 3.8) is 0 Å². The highest BCUT2D eigenvalue weighted by Gasteiger charge is 2.22. The highest BCUT2D eigenvalue weighted by molar-refractivity contribution is 6.29. The fraction of sp³-hybridized carbons (Fsp3) is 0.296. The van der Waals surface area contributed by atoms with Crippen LogP contribution in [-0.4, -0.2) is 36.1 Å². The number of halogens is 1. The maximum absolute atomic E-state index is 13.4. The average molecular weight is 490 g/mol. The molecule has 4 aromatic rings. The van der Waals surface area contributed by atoms with Crippen LogP contribution in [0.1, 0.15) is 29.7 Å². The van der Waals surface area contributed by atoms with E-state index in [1.807, 2.05) is 31.2 Å². The van der Waals surface area contributed by atoms with Gasteiger partial charge in [-0.15, -0.1) is 0 Å². The highest BCUT2D eigenvalue weighted by Crippen LogP contribution is 2.34. The van der Waals surface area contributed by atoms with Gasteiger partial charge in [0.1, 0.15) is 16.5 Å². The molecule has 1 aliphatic rings. The number of pyridine rings is 2. The van der Waals surface area contributed by atoms with Crippen molar-refractivity contribution in [3.8, 4) is 11.3 Å². The third-order valence-electron chi connectivity index (χ3n) is 6.41. The molecule has 1 saturated heterocycles. The molecule has 5 rings (SSSR count). The van der Waals surface area contributed by atoms with E-state index < -0.39 is 0 Å². The van der Waals surface area contributed by atoms with Crippen LogP contribution in [0.15, 0.2) is 58.0 Å². The number of nitrogens with one attached hydrogen (secondary N) is 2. The van der Waals surface area contributed by atoms with Crippen LogP contribution in [-0.2, 0) is 0 Å². The van der Waals surface area contributed by atoms with E-state index in [-0.39, 0.29) is 11.5 Å². The minimum Gasteiger partial charge on any atom is -0.455 e. The van der Waals surface area contributed by atoms with Gasteiger partial charge in [-0.05, 0) is 56.7 Å². The topological polar surface area (TPSA) is 83.3 Å². The summed E-state index contributed by atoms with van der Waals surface area (Å²) >= 11 is 6.26. The van der Waals surface area contributed by atoms with Crippen LogP contribution in [0.4, 0.5) is 11.5 Å². The number of anilines is 2. The Labute approximate surface area is 209 Å². The van der Waals surface area contributed by atoms with Crippen molar-refractivity contribution < 1.29 is 4.42 Å². The van der Waals surface area contributed by atoms with Crippen molar-refractivity contribution in [3.05, 3.63) is 80.9 Å². The maximum atomic E-state index is 13.4. The van der Waals surface area contributed by atoms with Crippen LogP contribution in [0.2, 0.25) is 5.15 Å². The fourth-order valence-electron chi connectivity index (χ4n) is 4.63. The standard InChI is InChI=1S/C27H28ClN5O2/c1-16-13-20(18(3)31-22-6-7-23(28)32-27(22)33-11-9-29-10-12-33)26-21(14-16)24(34)17(2)25(35-26)19-5-4-8-30-15-19/h4-8,13-15,18,29,31H,9-12H2,1-3H3. The van der Waals surface area contributed by atoms with Crippen molar-refractivity contribution >= 4 is 34.1 Å². The van der Waals surface area contributed by atoms with Crippen LogP contribution in [0.3, 0.4) is 0 Å². The molecular formula is C27H28ClN5O2. The number of hydrogen-bond donors (Lipinski definition) is 2. The SMILES string of the molecule is Cc1cc(C(C)Nc2ccc(Cl)nc2N2CCNCC2)c2oc(-c3cccnc3)c(C)c(=O)c2c1. The monoisotopic (exact) mass is 489 g/mol. The molecule has 2 N–H and O–H groups in total. The Bertz CT molecular complexity index is 1430. The Hall–Kier alpha value is -3.42. The van der Waals surface area contributed by atoms with Crippen LogP contribution in [0.5, 0.6) is 0 Å². The first-order chi connectivity index (χ1) is 16.9. The smallest absolute Gasteiger partial charge is 0.196 e. The van der Waals surface area contributed by atoms with Gasteiger partial charge in [0.15, 0.2) is 11.2 Å². The van der Waals surface area contributed by atoms with Gasteiger partial charge in [0.25, 0.3) is 0 Å². The molecule has 0 saturated carbocycles. The van der Waals surface area contributed by atoms with Crippen LogP contribution >= 0.6 is 11.6 Å². The number of fused-ring (bicyclic) bond motifs is 1. The quantitative estimate of drug-likeness (QED) is 0.377. The van der Waals surface area contributed by atoms with E-state index in [1.54, 1.807) is 25.4 Å². The Morgan fingerprint density at radius 3 is 2.71 bits per heavy atom. The predicted molar refractivity (Wildman–Crippen MR) is 142 cm³/mol.